The summed E-state index contributed by atoms with van der Waals surface area (Å²) in [6.45, 7) is 5.45. The lowest BCUT2D eigenvalue weighted by Gasteiger charge is -2.25. The van der Waals surface area contributed by atoms with Crippen LogP contribution in [0.3, 0.4) is 0 Å². The van der Waals surface area contributed by atoms with Gasteiger partial charge in [-0.15, -0.1) is 0 Å². The first kappa shape index (κ1) is 97.7. The molecule has 7 saturated carbocycles. The van der Waals surface area contributed by atoms with Crippen molar-refractivity contribution in [3.63, 3.8) is 0 Å². The average Bonchev–Trinajstić information content (AvgIpc) is 1.79. The van der Waals surface area contributed by atoms with E-state index < -0.39 is 41.8 Å². The summed E-state index contributed by atoms with van der Waals surface area (Å²) in [5.74, 6) is 5.63. The maximum atomic E-state index is 10.7. The molecule has 0 aliphatic heterocycles. The molecule has 668 valence electrons. The summed E-state index contributed by atoms with van der Waals surface area (Å²) in [5, 5.41) is 60.7. The standard InChI is InChI=1S/C16H22O4.C16H22O3.C15H20O3.2C14H18O3.2C13H16O3/c1-19-15-9-13(10-16(17)18)7-8-14(15)20-11-12-5-3-2-4-6-12;17-16(18)11-8-13-6-9-15(10-7-13)19-12-14-4-2-1-3-5-14;16-15(17)10-12-6-8-14(9-7-12)18-11-13-4-2-1-3-5-13;15-14(16)9-6-11-4-7-13(8-5-11)17-10-12-2-1-3-12;15-14(16)12-6-8-13(9-7-12)17-10-11-4-2-1-3-5-11;14-13(15)8-10-4-6-12(7-5-10)16-9-11-2-1-3-11;14-13(15)8-7-11-3-1-2-4-12(11)16-9-10-5-6-10/h7-9,12H,2-6,10-11H2,1H3,(H,17,18);6-7,9-10,14H,1-5,8,11-12H2,(H,17,18);6-9,13H,1-5,10-11H2,(H,16,17);4-5,7-8,12H,1-3,6,9-10H2,(H,15,16);6-9,11H,1-5,10H2,(H,15,16);4-7,11H,1-3,8-9H2,(H,14,15);1-4,10H,5-9H2,(H,14,15). The van der Waals surface area contributed by atoms with Gasteiger partial charge in [0.25, 0.3) is 0 Å². The highest BCUT2D eigenvalue weighted by atomic mass is 16.5. The second kappa shape index (κ2) is 56.1. The minimum atomic E-state index is -0.899. The molecule has 123 heavy (non-hydrogen) atoms. The number of hydrogen-bond acceptors (Lipinski definition) is 15. The second-order valence-corrected chi connectivity index (χ2v) is 33.6. The van der Waals surface area contributed by atoms with Gasteiger partial charge in [0.15, 0.2) is 11.5 Å². The largest absolute Gasteiger partial charge is 0.493 e. The van der Waals surface area contributed by atoms with E-state index in [9.17, 15) is 33.6 Å². The van der Waals surface area contributed by atoms with Gasteiger partial charge in [0, 0.05) is 19.3 Å². The summed E-state index contributed by atoms with van der Waals surface area (Å²) in [7, 11) is 1.58. The third kappa shape index (κ3) is 41.8. The molecule has 7 aliphatic rings. The first-order chi connectivity index (χ1) is 59.6. The van der Waals surface area contributed by atoms with E-state index in [0.717, 1.165) is 119 Å². The lowest BCUT2D eigenvalue weighted by Crippen LogP contribution is -2.19. The van der Waals surface area contributed by atoms with Crippen LogP contribution in [-0.4, -0.2) is 131 Å². The fourth-order valence-corrected chi connectivity index (χ4v) is 15.2. The number of hydrogen-bond donors (Lipinski definition) is 7. The molecule has 7 aliphatic carbocycles. The Balaban J connectivity index is 0.000000178. The molecule has 7 fully saturated rings. The zero-order valence-electron chi connectivity index (χ0n) is 72.0. The second-order valence-electron chi connectivity index (χ2n) is 33.6. The van der Waals surface area contributed by atoms with Crippen molar-refractivity contribution >= 4 is 41.8 Å². The fourth-order valence-electron chi connectivity index (χ4n) is 15.2. The van der Waals surface area contributed by atoms with E-state index in [1.165, 1.54) is 180 Å². The quantitative estimate of drug-likeness (QED) is 0.0189. The molecule has 0 atom stereocenters. The van der Waals surface area contributed by atoms with Crippen LogP contribution in [0.4, 0.5) is 0 Å². The van der Waals surface area contributed by atoms with Crippen molar-refractivity contribution in [2.24, 2.45) is 41.4 Å². The first-order valence-corrected chi connectivity index (χ1v) is 44.8. The number of benzene rings is 7. The van der Waals surface area contributed by atoms with E-state index in [2.05, 4.69) is 0 Å². The van der Waals surface area contributed by atoms with E-state index in [0.29, 0.717) is 72.5 Å². The molecular weight excluding hydrogens is 1570 g/mol. The van der Waals surface area contributed by atoms with Crippen LogP contribution in [0.2, 0.25) is 0 Å². The van der Waals surface area contributed by atoms with Gasteiger partial charge in [-0.05, 0) is 275 Å². The molecule has 22 heteroatoms. The molecule has 0 radical (unpaired) electrons. The summed E-state index contributed by atoms with van der Waals surface area (Å²) in [6.07, 6.45) is 38.7. The summed E-state index contributed by atoms with van der Waals surface area (Å²) >= 11 is 0. The molecule has 0 heterocycles. The van der Waals surface area contributed by atoms with Gasteiger partial charge in [0.05, 0.1) is 78.2 Å². The molecule has 14 rings (SSSR count). The normalized spacial score (nSPS) is 15.8. The van der Waals surface area contributed by atoms with Crippen LogP contribution in [0.25, 0.3) is 0 Å². The summed E-state index contributed by atoms with van der Waals surface area (Å²) < 4.78 is 45.4. The van der Waals surface area contributed by atoms with Gasteiger partial charge in [0.1, 0.15) is 34.5 Å². The number of para-hydroxylation sites is 1. The molecule has 7 N–H and O–H groups in total. The van der Waals surface area contributed by atoms with E-state index in [4.69, 9.17) is 73.6 Å². The highest BCUT2D eigenvalue weighted by Crippen LogP contribution is 2.35. The zero-order valence-corrected chi connectivity index (χ0v) is 72.0. The topological polar surface area (TPSA) is 335 Å². The van der Waals surface area contributed by atoms with E-state index >= 15 is 0 Å². The zero-order chi connectivity index (χ0) is 87.6. The van der Waals surface area contributed by atoms with Crippen LogP contribution in [0.1, 0.15) is 243 Å². The Kier molecular flexibility index (Phi) is 44.5. The number of carboxylic acids is 7. The van der Waals surface area contributed by atoms with E-state index in [1.807, 2.05) is 121 Å². The lowest BCUT2D eigenvalue weighted by atomic mass is 9.86. The fraction of sp³-hybridized carbons (Fsp3) is 0.515. The van der Waals surface area contributed by atoms with Crippen molar-refractivity contribution in [3.05, 3.63) is 203 Å². The first-order valence-electron chi connectivity index (χ1n) is 44.8. The van der Waals surface area contributed by atoms with Gasteiger partial charge >= 0.3 is 41.8 Å². The number of aliphatic carboxylic acids is 6. The van der Waals surface area contributed by atoms with Gasteiger partial charge < -0.3 is 73.6 Å². The smallest absolute Gasteiger partial charge is 0.335 e. The third-order valence-corrected chi connectivity index (χ3v) is 23.3. The highest BCUT2D eigenvalue weighted by molar-refractivity contribution is 5.87. The summed E-state index contributed by atoms with van der Waals surface area (Å²) in [6, 6.07) is 49.9. The predicted molar refractivity (Wildman–Crippen MR) is 473 cm³/mol. The van der Waals surface area contributed by atoms with Crippen LogP contribution >= 0.6 is 0 Å². The van der Waals surface area contributed by atoms with Gasteiger partial charge in [-0.3, -0.25) is 28.8 Å². The highest BCUT2D eigenvalue weighted by Gasteiger charge is 2.24. The summed E-state index contributed by atoms with van der Waals surface area (Å²) in [5.41, 5.74) is 5.73. The average molecular weight is 1700 g/mol. The molecule has 0 spiro atoms. The molecule has 0 amide bonds. The minimum Gasteiger partial charge on any atom is -0.493 e. The van der Waals surface area contributed by atoms with Crippen molar-refractivity contribution < 1.29 is 107 Å². The van der Waals surface area contributed by atoms with Gasteiger partial charge in [-0.25, -0.2) is 4.79 Å². The Morgan fingerprint density at radius 3 is 0.837 bits per heavy atom. The Labute approximate surface area is 726 Å². The Morgan fingerprint density at radius 2 is 0.537 bits per heavy atom. The number of carbonyl (C=O) groups is 7. The number of rotatable bonds is 38. The molecule has 22 nitrogen and oxygen atoms in total. The number of carboxylic acid groups (broad SMARTS) is 7. The Morgan fingerprint density at radius 1 is 0.260 bits per heavy atom. The Hall–Kier alpha value is -10.8. The van der Waals surface area contributed by atoms with Crippen molar-refractivity contribution in [1.82, 2.24) is 0 Å². The number of aryl methyl sites for hydroxylation is 3. The van der Waals surface area contributed by atoms with Crippen LogP contribution < -0.4 is 37.9 Å². The van der Waals surface area contributed by atoms with Crippen molar-refractivity contribution in [3.8, 4) is 46.0 Å². The van der Waals surface area contributed by atoms with Crippen LogP contribution in [-0.2, 0) is 67.3 Å². The van der Waals surface area contributed by atoms with Gasteiger partial charge in [-0.1, -0.05) is 163 Å². The Bertz CT molecular complexity index is 4180. The van der Waals surface area contributed by atoms with E-state index in [-0.39, 0.29) is 38.5 Å². The maximum Gasteiger partial charge on any atom is 0.335 e. The SMILES string of the molecule is COc1cc(CC(=O)O)ccc1OCC1CCCCC1.O=C(O)CCc1ccc(OCC2CCC2)cc1.O=C(O)CCc1ccc(OCC2CCCCC2)cc1.O=C(O)CCc1ccccc1OCC1CC1.O=C(O)Cc1ccc(OCC2CCC2)cc1.O=C(O)Cc1ccc(OCC2CCCCC2)cc1.O=C(O)c1ccc(OCC2CCCCC2)cc1. The van der Waals surface area contributed by atoms with Crippen LogP contribution in [0.5, 0.6) is 46.0 Å². The van der Waals surface area contributed by atoms with Crippen molar-refractivity contribution in [2.45, 2.75) is 238 Å². The lowest BCUT2D eigenvalue weighted by molar-refractivity contribution is -0.138. The molecule has 0 bridgehead atoms. The molecule has 7 aromatic carbocycles. The van der Waals surface area contributed by atoms with Crippen molar-refractivity contribution in [1.29, 1.82) is 0 Å². The molecule has 7 aromatic rings. The number of ether oxygens (including phenoxy) is 8. The van der Waals surface area contributed by atoms with Crippen molar-refractivity contribution in [2.75, 3.05) is 53.4 Å². The minimum absolute atomic E-state index is 0.000729. The molecule has 0 aromatic heterocycles. The molecule has 0 saturated heterocycles. The molecular formula is C101H132O22. The third-order valence-electron chi connectivity index (χ3n) is 23.3. The van der Waals surface area contributed by atoms with Crippen LogP contribution in [0, 0.1) is 41.4 Å². The molecule has 0 unspecified atom stereocenters. The number of aromatic carboxylic acids is 1. The van der Waals surface area contributed by atoms with E-state index in [1.54, 1.807) is 49.6 Å². The monoisotopic (exact) mass is 1700 g/mol. The van der Waals surface area contributed by atoms with Gasteiger partial charge in [-0.2, -0.15) is 0 Å². The summed E-state index contributed by atoms with van der Waals surface area (Å²) in [4.78, 5) is 73.9. The number of methoxy groups -OCH3 is 1. The van der Waals surface area contributed by atoms with Gasteiger partial charge in [0.2, 0.25) is 0 Å². The van der Waals surface area contributed by atoms with Crippen LogP contribution in [0.15, 0.2) is 164 Å². The predicted octanol–water partition coefficient (Wildman–Crippen LogP) is 21.4. The maximum absolute atomic E-state index is 10.7.